The number of carboxylic acids is 1. The molecule has 0 bridgehead atoms. The van der Waals surface area contributed by atoms with Gasteiger partial charge in [-0.3, -0.25) is 4.79 Å². The van der Waals surface area contributed by atoms with Gasteiger partial charge in [0.05, 0.1) is 12.5 Å². The van der Waals surface area contributed by atoms with Crippen molar-refractivity contribution in [1.82, 2.24) is 0 Å². The van der Waals surface area contributed by atoms with Crippen LogP contribution in [0.15, 0.2) is 24.3 Å². The number of hydrogen-bond acceptors (Lipinski definition) is 2. The number of aliphatic carboxylic acids is 1. The van der Waals surface area contributed by atoms with E-state index in [0.29, 0.717) is 11.8 Å². The smallest absolute Gasteiger partial charge is 0.306 e. The summed E-state index contributed by atoms with van der Waals surface area (Å²) in [6.45, 7) is 0.756. The molecular weight excluding hydrogens is 240 g/mol. The molecular formula is C16H20O3. The minimum absolute atomic E-state index is 0.130. The third kappa shape index (κ3) is 2.46. The van der Waals surface area contributed by atoms with Gasteiger partial charge in [-0.25, -0.2) is 0 Å². The van der Waals surface area contributed by atoms with Gasteiger partial charge in [0, 0.05) is 0 Å². The molecule has 1 N–H and O–H groups in total. The maximum absolute atomic E-state index is 11.3. The highest BCUT2D eigenvalue weighted by molar-refractivity contribution is 5.70. The number of carbonyl (C=O) groups is 1. The lowest BCUT2D eigenvalue weighted by Gasteiger charge is -2.29. The highest BCUT2D eigenvalue weighted by Gasteiger charge is 2.35. The number of rotatable bonds is 3. The summed E-state index contributed by atoms with van der Waals surface area (Å²) in [6, 6.07) is 8.19. The fraction of sp³-hybridized carbons (Fsp3) is 0.562. The van der Waals surface area contributed by atoms with Crippen molar-refractivity contribution in [3.63, 3.8) is 0 Å². The third-order valence-electron chi connectivity index (χ3n) is 4.65. The quantitative estimate of drug-likeness (QED) is 0.905. The summed E-state index contributed by atoms with van der Waals surface area (Å²) in [5.41, 5.74) is 1.27. The summed E-state index contributed by atoms with van der Waals surface area (Å²) in [4.78, 5) is 11.3. The third-order valence-corrected chi connectivity index (χ3v) is 4.65. The van der Waals surface area contributed by atoms with E-state index in [1.807, 2.05) is 18.2 Å². The first-order chi connectivity index (χ1) is 9.25. The average molecular weight is 260 g/mol. The SMILES string of the molecule is O=C(O)C1CCCC1CC1CCOc2ccccc21. The van der Waals surface area contributed by atoms with Crippen molar-refractivity contribution in [1.29, 1.82) is 0 Å². The van der Waals surface area contributed by atoms with Gasteiger partial charge in [-0.15, -0.1) is 0 Å². The van der Waals surface area contributed by atoms with Gasteiger partial charge in [0.2, 0.25) is 0 Å². The van der Waals surface area contributed by atoms with Crippen molar-refractivity contribution in [2.45, 2.75) is 38.0 Å². The predicted molar refractivity (Wildman–Crippen MR) is 72.4 cm³/mol. The predicted octanol–water partition coefficient (Wildman–Crippen LogP) is 3.44. The van der Waals surface area contributed by atoms with Gasteiger partial charge in [0.25, 0.3) is 0 Å². The number of benzene rings is 1. The van der Waals surface area contributed by atoms with E-state index in [1.54, 1.807) is 0 Å². The Hall–Kier alpha value is -1.51. The molecule has 0 radical (unpaired) electrons. The van der Waals surface area contributed by atoms with E-state index in [1.165, 1.54) is 5.56 Å². The first-order valence-corrected chi connectivity index (χ1v) is 7.20. The van der Waals surface area contributed by atoms with E-state index < -0.39 is 5.97 Å². The Morgan fingerprint density at radius 1 is 1.26 bits per heavy atom. The zero-order chi connectivity index (χ0) is 13.2. The first kappa shape index (κ1) is 12.5. The normalized spacial score (nSPS) is 29.6. The summed E-state index contributed by atoms with van der Waals surface area (Å²) >= 11 is 0. The fourth-order valence-corrected chi connectivity index (χ4v) is 3.67. The summed E-state index contributed by atoms with van der Waals surface area (Å²) in [7, 11) is 0. The molecule has 1 aromatic carbocycles. The average Bonchev–Trinajstić information content (AvgIpc) is 2.87. The highest BCUT2D eigenvalue weighted by Crippen LogP contribution is 2.43. The minimum atomic E-state index is -0.608. The second-order valence-electron chi connectivity index (χ2n) is 5.74. The highest BCUT2D eigenvalue weighted by atomic mass is 16.5. The molecule has 1 aliphatic carbocycles. The van der Waals surface area contributed by atoms with E-state index in [2.05, 4.69) is 6.07 Å². The molecule has 2 aliphatic rings. The zero-order valence-corrected chi connectivity index (χ0v) is 11.0. The van der Waals surface area contributed by atoms with Gasteiger partial charge in [-0.1, -0.05) is 24.6 Å². The fourth-order valence-electron chi connectivity index (χ4n) is 3.67. The van der Waals surface area contributed by atoms with E-state index >= 15 is 0 Å². The maximum atomic E-state index is 11.3. The monoisotopic (exact) mass is 260 g/mol. The number of hydrogen-bond donors (Lipinski definition) is 1. The maximum Gasteiger partial charge on any atom is 0.306 e. The van der Waals surface area contributed by atoms with E-state index in [9.17, 15) is 9.90 Å². The number of carboxylic acid groups (broad SMARTS) is 1. The molecule has 3 rings (SSSR count). The van der Waals surface area contributed by atoms with Crippen LogP contribution in [0.3, 0.4) is 0 Å². The lowest BCUT2D eigenvalue weighted by Crippen LogP contribution is -2.22. The van der Waals surface area contributed by atoms with Crippen molar-refractivity contribution in [2.75, 3.05) is 6.61 Å². The Kier molecular flexibility index (Phi) is 3.45. The van der Waals surface area contributed by atoms with Crippen LogP contribution in [0.5, 0.6) is 5.75 Å². The molecule has 3 nitrogen and oxygen atoms in total. The van der Waals surface area contributed by atoms with Crippen LogP contribution in [0.4, 0.5) is 0 Å². The molecule has 0 spiro atoms. The molecule has 1 fully saturated rings. The molecule has 3 heteroatoms. The zero-order valence-electron chi connectivity index (χ0n) is 11.0. The van der Waals surface area contributed by atoms with Gasteiger partial charge < -0.3 is 9.84 Å². The molecule has 0 aromatic heterocycles. The van der Waals surface area contributed by atoms with Gasteiger partial charge in [-0.05, 0) is 49.1 Å². The first-order valence-electron chi connectivity index (χ1n) is 7.20. The lowest BCUT2D eigenvalue weighted by molar-refractivity contribution is -0.143. The van der Waals surface area contributed by atoms with Crippen LogP contribution in [-0.2, 0) is 4.79 Å². The molecule has 0 amide bonds. The lowest BCUT2D eigenvalue weighted by atomic mass is 9.81. The molecule has 3 atom stereocenters. The van der Waals surface area contributed by atoms with Crippen molar-refractivity contribution >= 4 is 5.97 Å². The Morgan fingerprint density at radius 3 is 2.95 bits per heavy atom. The Bertz CT molecular complexity index is 469. The second-order valence-corrected chi connectivity index (χ2v) is 5.74. The van der Waals surface area contributed by atoms with Crippen LogP contribution in [0.25, 0.3) is 0 Å². The van der Waals surface area contributed by atoms with E-state index in [4.69, 9.17) is 4.74 Å². The summed E-state index contributed by atoms with van der Waals surface area (Å²) in [5.74, 6) is 1.06. The molecule has 1 aromatic rings. The molecule has 102 valence electrons. The molecule has 19 heavy (non-hydrogen) atoms. The second kappa shape index (κ2) is 5.24. The molecule has 1 saturated carbocycles. The van der Waals surface area contributed by atoms with Crippen LogP contribution in [0.2, 0.25) is 0 Å². The number of para-hydroxylation sites is 1. The molecule has 1 heterocycles. The molecule has 3 unspecified atom stereocenters. The summed E-state index contributed by atoms with van der Waals surface area (Å²) in [6.07, 6.45) is 4.99. The Morgan fingerprint density at radius 2 is 2.11 bits per heavy atom. The van der Waals surface area contributed by atoms with E-state index in [-0.39, 0.29) is 5.92 Å². The van der Waals surface area contributed by atoms with Gasteiger partial charge in [0.15, 0.2) is 0 Å². The van der Waals surface area contributed by atoms with Crippen LogP contribution < -0.4 is 4.74 Å². The van der Waals surface area contributed by atoms with Crippen LogP contribution in [0, 0.1) is 11.8 Å². The Balaban J connectivity index is 1.76. The largest absolute Gasteiger partial charge is 0.493 e. The van der Waals surface area contributed by atoms with Crippen molar-refractivity contribution in [2.24, 2.45) is 11.8 Å². The van der Waals surface area contributed by atoms with Crippen molar-refractivity contribution < 1.29 is 14.6 Å². The minimum Gasteiger partial charge on any atom is -0.493 e. The Labute approximate surface area is 113 Å². The van der Waals surface area contributed by atoms with Crippen LogP contribution in [-0.4, -0.2) is 17.7 Å². The van der Waals surface area contributed by atoms with Gasteiger partial charge >= 0.3 is 5.97 Å². The van der Waals surface area contributed by atoms with Gasteiger partial charge in [-0.2, -0.15) is 0 Å². The molecule has 1 aliphatic heterocycles. The van der Waals surface area contributed by atoms with Gasteiger partial charge in [0.1, 0.15) is 5.75 Å². The van der Waals surface area contributed by atoms with Crippen LogP contribution >= 0.6 is 0 Å². The van der Waals surface area contributed by atoms with Crippen LogP contribution in [0.1, 0.15) is 43.6 Å². The summed E-state index contributed by atoms with van der Waals surface area (Å²) in [5, 5.41) is 9.28. The standard InChI is InChI=1S/C16H20O3/c17-16(18)14-6-3-4-11(14)10-12-8-9-19-15-7-2-1-5-13(12)15/h1-2,5,7,11-12,14H,3-4,6,8-10H2,(H,17,18). The number of ether oxygens (including phenoxy) is 1. The van der Waals surface area contributed by atoms with Crippen molar-refractivity contribution in [3.05, 3.63) is 29.8 Å². The molecule has 0 saturated heterocycles. The summed E-state index contributed by atoms with van der Waals surface area (Å²) < 4.78 is 5.68. The van der Waals surface area contributed by atoms with Crippen molar-refractivity contribution in [3.8, 4) is 5.75 Å². The number of fused-ring (bicyclic) bond motifs is 1. The van der Waals surface area contributed by atoms with E-state index in [0.717, 1.165) is 44.5 Å². The topological polar surface area (TPSA) is 46.5 Å².